The first-order valence-corrected chi connectivity index (χ1v) is 4.66. The molecule has 72 valence electrons. The van der Waals surface area contributed by atoms with E-state index in [0.717, 1.165) is 12.8 Å². The van der Waals surface area contributed by atoms with E-state index in [1.54, 1.807) is 0 Å². The van der Waals surface area contributed by atoms with Gasteiger partial charge in [-0.05, 0) is 19.3 Å². The Bertz CT molecular complexity index is 242. The van der Waals surface area contributed by atoms with Gasteiger partial charge >= 0.3 is 0 Å². The van der Waals surface area contributed by atoms with Crippen molar-refractivity contribution in [3.8, 4) is 0 Å². The number of hydrogen-bond acceptors (Lipinski definition) is 3. The summed E-state index contributed by atoms with van der Waals surface area (Å²) in [6.45, 7) is -0.0789. The minimum absolute atomic E-state index is 0.0789. The predicted molar refractivity (Wildman–Crippen MR) is 44.8 cm³/mol. The predicted octanol–water partition coefficient (Wildman–Crippen LogP) is 0.0504. The molecule has 2 amide bonds. The van der Waals surface area contributed by atoms with Crippen LogP contribution in [0.25, 0.3) is 0 Å². The molecule has 1 N–H and O–H groups in total. The maximum atomic E-state index is 11.4. The first-order chi connectivity index (χ1) is 6.19. The number of piperidine rings is 1. The third-order valence-corrected chi connectivity index (χ3v) is 2.88. The summed E-state index contributed by atoms with van der Waals surface area (Å²) in [5.41, 5.74) is -0.505. The highest BCUT2D eigenvalue weighted by Gasteiger charge is 2.52. The number of carbonyl (C=O) groups excluding carboxylic acids is 2. The fraction of sp³-hybridized carbons (Fsp3) is 0.778. The molecule has 2 aliphatic rings. The van der Waals surface area contributed by atoms with E-state index >= 15 is 0 Å². The van der Waals surface area contributed by atoms with Gasteiger partial charge in [-0.15, -0.1) is 0 Å². The third-order valence-electron chi connectivity index (χ3n) is 2.88. The highest BCUT2D eigenvalue weighted by Crippen LogP contribution is 2.43. The van der Waals surface area contributed by atoms with Crippen LogP contribution in [-0.2, 0) is 9.59 Å². The minimum Gasteiger partial charge on any atom is -0.394 e. The van der Waals surface area contributed by atoms with Gasteiger partial charge in [-0.3, -0.25) is 14.5 Å². The molecule has 0 aromatic heterocycles. The van der Waals surface area contributed by atoms with E-state index in [0.29, 0.717) is 19.3 Å². The zero-order valence-electron chi connectivity index (χ0n) is 7.45. The van der Waals surface area contributed by atoms with Crippen molar-refractivity contribution in [1.29, 1.82) is 0 Å². The zero-order chi connectivity index (χ0) is 9.47. The van der Waals surface area contributed by atoms with Crippen LogP contribution in [-0.4, -0.2) is 34.0 Å². The Balaban J connectivity index is 2.19. The minimum atomic E-state index is -0.505. The highest BCUT2D eigenvalue weighted by molar-refractivity contribution is 5.98. The normalized spacial score (nSPS) is 26.4. The summed E-state index contributed by atoms with van der Waals surface area (Å²) in [5.74, 6) is -0.217. The molecule has 4 nitrogen and oxygen atoms in total. The van der Waals surface area contributed by atoms with Crippen LogP contribution >= 0.6 is 0 Å². The molecule has 1 aliphatic heterocycles. The second kappa shape index (κ2) is 2.80. The smallest absolute Gasteiger partial charge is 0.229 e. The molecule has 0 spiro atoms. The molecular weight excluding hydrogens is 170 g/mol. The summed E-state index contributed by atoms with van der Waals surface area (Å²) >= 11 is 0. The Labute approximate surface area is 76.5 Å². The van der Waals surface area contributed by atoms with Crippen LogP contribution in [0, 0.1) is 0 Å². The zero-order valence-corrected chi connectivity index (χ0v) is 7.45. The Morgan fingerprint density at radius 2 is 1.77 bits per heavy atom. The summed E-state index contributed by atoms with van der Waals surface area (Å²) in [7, 11) is 0. The second-order valence-corrected chi connectivity index (χ2v) is 3.86. The second-order valence-electron chi connectivity index (χ2n) is 3.86. The molecule has 1 saturated heterocycles. The molecule has 0 radical (unpaired) electrons. The molecule has 0 atom stereocenters. The van der Waals surface area contributed by atoms with Gasteiger partial charge in [-0.25, -0.2) is 0 Å². The van der Waals surface area contributed by atoms with Crippen molar-refractivity contribution >= 4 is 11.8 Å². The molecule has 1 aliphatic carbocycles. The summed E-state index contributed by atoms with van der Waals surface area (Å²) in [6, 6.07) is 0. The van der Waals surface area contributed by atoms with E-state index in [4.69, 9.17) is 5.11 Å². The average molecular weight is 183 g/mol. The number of likely N-dealkylation sites (tertiary alicyclic amines) is 1. The van der Waals surface area contributed by atoms with E-state index in [1.165, 1.54) is 4.90 Å². The molecule has 2 fully saturated rings. The van der Waals surface area contributed by atoms with Gasteiger partial charge in [0.05, 0.1) is 12.1 Å². The Morgan fingerprint density at radius 1 is 1.23 bits per heavy atom. The van der Waals surface area contributed by atoms with Crippen LogP contribution < -0.4 is 0 Å². The van der Waals surface area contributed by atoms with Crippen LogP contribution in [0.5, 0.6) is 0 Å². The van der Waals surface area contributed by atoms with Crippen molar-refractivity contribution in [3.63, 3.8) is 0 Å². The van der Waals surface area contributed by atoms with Crippen molar-refractivity contribution in [1.82, 2.24) is 4.90 Å². The van der Waals surface area contributed by atoms with Gasteiger partial charge in [-0.1, -0.05) is 0 Å². The maximum Gasteiger partial charge on any atom is 0.229 e. The van der Waals surface area contributed by atoms with Crippen LogP contribution in [0.3, 0.4) is 0 Å². The van der Waals surface area contributed by atoms with E-state index in [2.05, 4.69) is 0 Å². The molecule has 4 heteroatoms. The summed E-state index contributed by atoms with van der Waals surface area (Å²) in [6.07, 6.45) is 3.10. The van der Waals surface area contributed by atoms with Crippen LogP contribution in [0.15, 0.2) is 0 Å². The SMILES string of the molecule is O=C1CCCC(=O)N1C1(CO)CC1. The van der Waals surface area contributed by atoms with E-state index < -0.39 is 5.54 Å². The lowest BCUT2D eigenvalue weighted by molar-refractivity contribution is -0.153. The van der Waals surface area contributed by atoms with Gasteiger partial charge in [0.1, 0.15) is 0 Å². The van der Waals surface area contributed by atoms with E-state index in [-0.39, 0.29) is 18.4 Å². The molecule has 0 unspecified atom stereocenters. The largest absolute Gasteiger partial charge is 0.394 e. The fourth-order valence-corrected chi connectivity index (χ4v) is 1.88. The number of hydrogen-bond donors (Lipinski definition) is 1. The Kier molecular flexibility index (Phi) is 1.87. The topological polar surface area (TPSA) is 57.6 Å². The number of aliphatic hydroxyl groups is 1. The van der Waals surface area contributed by atoms with E-state index in [9.17, 15) is 9.59 Å². The van der Waals surface area contributed by atoms with Gasteiger partial charge in [0.15, 0.2) is 0 Å². The van der Waals surface area contributed by atoms with Crippen LogP contribution in [0.1, 0.15) is 32.1 Å². The lowest BCUT2D eigenvalue weighted by Gasteiger charge is -2.31. The van der Waals surface area contributed by atoms with Gasteiger partial charge in [0.2, 0.25) is 11.8 Å². The standard InChI is InChI=1S/C9H13NO3/c11-6-9(4-5-9)10-7(12)2-1-3-8(10)13/h11H,1-6H2. The maximum absolute atomic E-state index is 11.4. The van der Waals surface area contributed by atoms with Crippen molar-refractivity contribution in [2.45, 2.75) is 37.6 Å². The Morgan fingerprint density at radius 3 is 2.15 bits per heavy atom. The first-order valence-electron chi connectivity index (χ1n) is 4.66. The molecule has 0 bridgehead atoms. The van der Waals surface area contributed by atoms with Gasteiger partial charge in [-0.2, -0.15) is 0 Å². The van der Waals surface area contributed by atoms with Crippen molar-refractivity contribution in [2.75, 3.05) is 6.61 Å². The first kappa shape index (κ1) is 8.69. The molecule has 1 heterocycles. The number of aliphatic hydroxyl groups excluding tert-OH is 1. The monoisotopic (exact) mass is 183 g/mol. The molecule has 0 aromatic rings. The lowest BCUT2D eigenvalue weighted by atomic mass is 10.1. The number of rotatable bonds is 2. The van der Waals surface area contributed by atoms with Gasteiger partial charge < -0.3 is 5.11 Å². The van der Waals surface area contributed by atoms with Crippen LogP contribution in [0.2, 0.25) is 0 Å². The summed E-state index contributed by atoms with van der Waals surface area (Å²) < 4.78 is 0. The molecule has 1 saturated carbocycles. The van der Waals surface area contributed by atoms with Gasteiger partial charge in [0.25, 0.3) is 0 Å². The number of carbonyl (C=O) groups is 2. The lowest BCUT2D eigenvalue weighted by Crippen LogP contribution is -2.50. The number of imide groups is 1. The fourth-order valence-electron chi connectivity index (χ4n) is 1.88. The number of amides is 2. The van der Waals surface area contributed by atoms with Gasteiger partial charge in [0, 0.05) is 12.8 Å². The third kappa shape index (κ3) is 1.25. The molecule has 2 rings (SSSR count). The van der Waals surface area contributed by atoms with Crippen molar-refractivity contribution < 1.29 is 14.7 Å². The highest BCUT2D eigenvalue weighted by atomic mass is 16.3. The Hall–Kier alpha value is -0.900. The number of nitrogens with zero attached hydrogens (tertiary/aromatic N) is 1. The van der Waals surface area contributed by atoms with Crippen molar-refractivity contribution in [3.05, 3.63) is 0 Å². The van der Waals surface area contributed by atoms with Crippen molar-refractivity contribution in [2.24, 2.45) is 0 Å². The summed E-state index contributed by atoms with van der Waals surface area (Å²) in [4.78, 5) is 24.2. The molecular formula is C9H13NO3. The van der Waals surface area contributed by atoms with E-state index in [1.807, 2.05) is 0 Å². The molecule has 13 heavy (non-hydrogen) atoms. The average Bonchev–Trinajstić information content (AvgIpc) is 2.85. The summed E-state index contributed by atoms with van der Waals surface area (Å²) in [5, 5.41) is 9.10. The molecule has 0 aromatic carbocycles. The van der Waals surface area contributed by atoms with Crippen LogP contribution in [0.4, 0.5) is 0 Å². The quantitative estimate of drug-likeness (QED) is 0.615.